The number of nitrogens with zero attached hydrogens (tertiary/aromatic N) is 2. The highest BCUT2D eigenvalue weighted by Gasteiger charge is 2.45. The van der Waals surface area contributed by atoms with Crippen LogP contribution in [0.25, 0.3) is 11.3 Å². The molecule has 0 unspecified atom stereocenters. The summed E-state index contributed by atoms with van der Waals surface area (Å²) < 4.78 is 0. The van der Waals surface area contributed by atoms with Gasteiger partial charge in [0.15, 0.2) is 0 Å². The molecule has 2 fully saturated rings. The molecular weight excluding hydrogens is 409 g/mol. The number of nitrogens with one attached hydrogen (secondary N) is 1. The Balaban J connectivity index is 1.37. The highest BCUT2D eigenvalue weighted by atomic mass is 35.5. The molecule has 2 amide bonds. The maximum absolute atomic E-state index is 12.7. The predicted molar refractivity (Wildman–Crippen MR) is 114 cm³/mol. The molecule has 4 rings (SSSR count). The van der Waals surface area contributed by atoms with Gasteiger partial charge in [-0.1, -0.05) is 23.2 Å². The molecular formula is C22H23Cl2N3O2. The maximum atomic E-state index is 12.7. The normalized spacial score (nSPS) is 18.4. The van der Waals surface area contributed by atoms with Crippen molar-refractivity contribution < 1.29 is 9.59 Å². The molecule has 1 N–H and O–H groups in total. The van der Waals surface area contributed by atoms with Gasteiger partial charge in [-0.05, 0) is 68.4 Å². The van der Waals surface area contributed by atoms with Crippen molar-refractivity contribution in [2.45, 2.75) is 38.6 Å². The van der Waals surface area contributed by atoms with E-state index in [0.29, 0.717) is 26.7 Å². The lowest BCUT2D eigenvalue weighted by atomic mass is 9.93. The lowest BCUT2D eigenvalue weighted by Gasteiger charge is -2.33. The number of benzene rings is 1. The van der Waals surface area contributed by atoms with E-state index < -0.39 is 6.04 Å². The van der Waals surface area contributed by atoms with Gasteiger partial charge in [-0.2, -0.15) is 0 Å². The van der Waals surface area contributed by atoms with Crippen molar-refractivity contribution in [1.29, 1.82) is 0 Å². The summed E-state index contributed by atoms with van der Waals surface area (Å²) in [5, 5.41) is 3.84. The molecule has 1 aromatic carbocycles. The number of piperidine rings is 1. The fourth-order valence-electron chi connectivity index (χ4n) is 3.89. The summed E-state index contributed by atoms with van der Waals surface area (Å²) >= 11 is 12.1. The third-order valence-corrected chi connectivity index (χ3v) is 6.43. The van der Waals surface area contributed by atoms with Crippen molar-refractivity contribution in [3.8, 4) is 11.3 Å². The van der Waals surface area contributed by atoms with E-state index in [0.717, 1.165) is 31.5 Å². The van der Waals surface area contributed by atoms with E-state index >= 15 is 0 Å². The minimum absolute atomic E-state index is 0.0213. The average molecular weight is 432 g/mol. The monoisotopic (exact) mass is 431 g/mol. The number of carbonyl (C=O) groups excluding carboxylic acids is 2. The van der Waals surface area contributed by atoms with Crippen LogP contribution in [-0.2, 0) is 4.79 Å². The summed E-state index contributed by atoms with van der Waals surface area (Å²) in [6.07, 6.45) is 6.25. The number of carbonyl (C=O) groups is 2. The van der Waals surface area contributed by atoms with E-state index in [-0.39, 0.29) is 11.8 Å². The molecule has 1 aromatic heterocycles. The van der Waals surface area contributed by atoms with E-state index in [1.54, 1.807) is 37.3 Å². The molecule has 0 radical (unpaired) electrons. The highest BCUT2D eigenvalue weighted by Crippen LogP contribution is 2.53. The zero-order valence-corrected chi connectivity index (χ0v) is 17.8. The van der Waals surface area contributed by atoms with Crippen LogP contribution >= 0.6 is 23.2 Å². The summed E-state index contributed by atoms with van der Waals surface area (Å²) in [6, 6.07) is 8.04. The molecule has 1 saturated carbocycles. The quantitative estimate of drug-likeness (QED) is 0.770. The van der Waals surface area contributed by atoms with Crippen molar-refractivity contribution in [2.75, 3.05) is 13.1 Å². The molecule has 1 aliphatic heterocycles. The summed E-state index contributed by atoms with van der Waals surface area (Å²) in [4.78, 5) is 31.4. The molecule has 1 atom stereocenters. The SMILES string of the molecule is C[C@@H](NC(=O)c1ccc(-c2cc(Cl)cc(Cl)c2)nc1)C(=O)N1CCC2(CC1)CC2. The van der Waals surface area contributed by atoms with Gasteiger partial charge in [0.1, 0.15) is 6.04 Å². The molecule has 152 valence electrons. The van der Waals surface area contributed by atoms with Gasteiger partial charge in [0.2, 0.25) is 5.91 Å². The third-order valence-electron chi connectivity index (χ3n) is 5.99. The van der Waals surface area contributed by atoms with Gasteiger partial charge in [0.25, 0.3) is 5.91 Å². The van der Waals surface area contributed by atoms with Gasteiger partial charge in [0, 0.05) is 34.9 Å². The summed E-state index contributed by atoms with van der Waals surface area (Å²) in [7, 11) is 0. The van der Waals surface area contributed by atoms with Gasteiger partial charge in [-0.15, -0.1) is 0 Å². The third kappa shape index (κ3) is 4.57. The van der Waals surface area contributed by atoms with Crippen LogP contribution in [0.2, 0.25) is 10.0 Å². The van der Waals surface area contributed by atoms with Crippen LogP contribution in [-0.4, -0.2) is 40.8 Å². The van der Waals surface area contributed by atoms with Crippen LogP contribution in [0.5, 0.6) is 0 Å². The van der Waals surface area contributed by atoms with Gasteiger partial charge in [-0.3, -0.25) is 14.6 Å². The van der Waals surface area contributed by atoms with Crippen molar-refractivity contribution in [3.05, 3.63) is 52.1 Å². The molecule has 5 nitrogen and oxygen atoms in total. The summed E-state index contributed by atoms with van der Waals surface area (Å²) in [5.41, 5.74) is 2.36. The first-order chi connectivity index (χ1) is 13.8. The number of hydrogen-bond acceptors (Lipinski definition) is 3. The van der Waals surface area contributed by atoms with Crippen molar-refractivity contribution in [1.82, 2.24) is 15.2 Å². The van der Waals surface area contributed by atoms with Crippen LogP contribution in [0.1, 0.15) is 43.0 Å². The first-order valence-electron chi connectivity index (χ1n) is 9.87. The molecule has 2 aliphatic rings. The highest BCUT2D eigenvalue weighted by molar-refractivity contribution is 6.35. The Hall–Kier alpha value is -2.11. The Bertz CT molecular complexity index is 911. The minimum atomic E-state index is -0.567. The summed E-state index contributed by atoms with van der Waals surface area (Å²) in [6.45, 7) is 3.31. The molecule has 0 bridgehead atoms. The van der Waals surface area contributed by atoms with Gasteiger partial charge in [-0.25, -0.2) is 0 Å². The Morgan fingerprint density at radius 1 is 1.07 bits per heavy atom. The molecule has 2 aromatic rings. The Morgan fingerprint density at radius 2 is 1.72 bits per heavy atom. The first kappa shape index (κ1) is 20.2. The van der Waals surface area contributed by atoms with Crippen LogP contribution in [0.15, 0.2) is 36.5 Å². The fourth-order valence-corrected chi connectivity index (χ4v) is 4.42. The second-order valence-corrected chi connectivity index (χ2v) is 8.98. The Kier molecular flexibility index (Phi) is 5.54. The molecule has 2 heterocycles. The Morgan fingerprint density at radius 3 is 2.28 bits per heavy atom. The van der Waals surface area contributed by atoms with Crippen LogP contribution in [0.3, 0.4) is 0 Å². The van der Waals surface area contributed by atoms with E-state index in [1.165, 1.54) is 19.0 Å². The topological polar surface area (TPSA) is 62.3 Å². The molecule has 1 aliphatic carbocycles. The van der Waals surface area contributed by atoms with Gasteiger partial charge >= 0.3 is 0 Å². The number of halogens is 2. The molecule has 29 heavy (non-hydrogen) atoms. The van der Waals surface area contributed by atoms with Crippen LogP contribution in [0.4, 0.5) is 0 Å². The van der Waals surface area contributed by atoms with Crippen LogP contribution < -0.4 is 5.32 Å². The van der Waals surface area contributed by atoms with E-state index in [1.807, 2.05) is 4.90 Å². The van der Waals surface area contributed by atoms with E-state index in [9.17, 15) is 9.59 Å². The second kappa shape index (κ2) is 7.96. The minimum Gasteiger partial charge on any atom is -0.341 e. The van der Waals surface area contributed by atoms with Crippen molar-refractivity contribution in [2.24, 2.45) is 5.41 Å². The molecule has 1 saturated heterocycles. The standard InChI is InChI=1S/C22H23Cl2N3O2/c1-14(21(29)27-8-6-22(4-5-22)7-9-27)26-20(28)15-2-3-19(25-13-15)16-10-17(23)12-18(24)11-16/h2-3,10-14H,4-9H2,1H3,(H,26,28)/t14-/m1/s1. The van der Waals surface area contributed by atoms with Crippen molar-refractivity contribution >= 4 is 35.0 Å². The predicted octanol–water partition coefficient (Wildman–Crippen LogP) is 4.58. The zero-order valence-electron chi connectivity index (χ0n) is 16.3. The number of amides is 2. The molecule has 1 spiro atoms. The number of pyridine rings is 1. The largest absolute Gasteiger partial charge is 0.341 e. The number of aromatic nitrogens is 1. The first-order valence-corrected chi connectivity index (χ1v) is 10.6. The number of likely N-dealkylation sites (tertiary alicyclic amines) is 1. The van der Waals surface area contributed by atoms with Gasteiger partial charge in [0.05, 0.1) is 11.3 Å². The van der Waals surface area contributed by atoms with E-state index in [2.05, 4.69) is 10.3 Å². The number of hydrogen-bond donors (Lipinski definition) is 1. The van der Waals surface area contributed by atoms with Crippen LogP contribution in [0, 0.1) is 5.41 Å². The van der Waals surface area contributed by atoms with Gasteiger partial charge < -0.3 is 10.2 Å². The molecule has 7 heteroatoms. The lowest BCUT2D eigenvalue weighted by molar-refractivity contribution is -0.134. The Labute approximate surface area is 180 Å². The lowest BCUT2D eigenvalue weighted by Crippen LogP contribution is -2.49. The summed E-state index contributed by atoms with van der Waals surface area (Å²) in [5.74, 6) is -0.336. The zero-order chi connectivity index (χ0) is 20.6. The van der Waals surface area contributed by atoms with E-state index in [4.69, 9.17) is 23.2 Å². The smallest absolute Gasteiger partial charge is 0.253 e. The second-order valence-electron chi connectivity index (χ2n) is 8.11. The fraction of sp³-hybridized carbons (Fsp3) is 0.409. The van der Waals surface area contributed by atoms with Crippen molar-refractivity contribution in [3.63, 3.8) is 0 Å². The maximum Gasteiger partial charge on any atom is 0.253 e. The number of rotatable bonds is 4. The average Bonchev–Trinajstić information content (AvgIpc) is 3.46.